The molecular formula is C48H58N12O6. The van der Waals surface area contributed by atoms with Gasteiger partial charge >= 0.3 is 0 Å². The second-order valence-electron chi connectivity index (χ2n) is 18.1. The van der Waals surface area contributed by atoms with Crippen LogP contribution >= 0.6 is 0 Å². The lowest BCUT2D eigenvalue weighted by Gasteiger charge is -2.36. The molecule has 0 aliphatic carbocycles. The molecule has 8 heterocycles. The summed E-state index contributed by atoms with van der Waals surface area (Å²) in [4.78, 5) is 100. The number of anilines is 3. The van der Waals surface area contributed by atoms with Crippen LogP contribution < -0.4 is 20.0 Å². The van der Waals surface area contributed by atoms with Gasteiger partial charge in [0.05, 0.1) is 41.2 Å². The zero-order chi connectivity index (χ0) is 46.1. The van der Waals surface area contributed by atoms with Crippen molar-refractivity contribution >= 4 is 52.8 Å². The van der Waals surface area contributed by atoms with Crippen LogP contribution in [-0.2, 0) is 34.0 Å². The SMILES string of the molecule is CCn1cnnc1-c1cccc(N2Cc3c(cc(N4CCC[C@H]4C)nc3CN(C)C(=O)CCCCCCCN3CCN(c4cccc5c4C(=O)N(C4CCC(=O)NC4=O)C5=O)CC3)C2=O)n1. The number of rotatable bonds is 16. The van der Waals surface area contributed by atoms with Crippen LogP contribution in [-0.4, -0.2) is 133 Å². The predicted octanol–water partition coefficient (Wildman–Crippen LogP) is 4.43. The van der Waals surface area contributed by atoms with Gasteiger partial charge in [0.25, 0.3) is 17.7 Å². The molecule has 3 saturated heterocycles. The molecule has 4 aromatic rings. The molecule has 1 aromatic carbocycles. The van der Waals surface area contributed by atoms with Crippen molar-refractivity contribution in [2.24, 2.45) is 0 Å². The summed E-state index contributed by atoms with van der Waals surface area (Å²) in [6, 6.07) is 12.1. The molecule has 5 aliphatic heterocycles. The van der Waals surface area contributed by atoms with Crippen LogP contribution in [0.3, 0.4) is 0 Å². The minimum atomic E-state index is -0.991. The van der Waals surface area contributed by atoms with Crippen LogP contribution in [0.5, 0.6) is 0 Å². The van der Waals surface area contributed by atoms with Crippen molar-refractivity contribution < 1.29 is 28.8 Å². The fraction of sp³-hybridized carbons (Fsp3) is 0.500. The van der Waals surface area contributed by atoms with Crippen LogP contribution in [0.2, 0.25) is 0 Å². The van der Waals surface area contributed by atoms with E-state index >= 15 is 0 Å². The Morgan fingerprint density at radius 3 is 2.41 bits per heavy atom. The van der Waals surface area contributed by atoms with Gasteiger partial charge in [0, 0.05) is 70.8 Å². The second-order valence-corrected chi connectivity index (χ2v) is 18.1. The van der Waals surface area contributed by atoms with Crippen molar-refractivity contribution in [2.45, 2.75) is 110 Å². The molecule has 1 unspecified atom stereocenters. The maximum absolute atomic E-state index is 14.1. The van der Waals surface area contributed by atoms with E-state index in [-0.39, 0.29) is 24.7 Å². The lowest BCUT2D eigenvalue weighted by atomic mass is 10.0. The maximum atomic E-state index is 14.1. The molecule has 9 rings (SSSR count). The van der Waals surface area contributed by atoms with E-state index in [9.17, 15) is 28.8 Å². The number of amides is 6. The number of hydrogen-bond donors (Lipinski definition) is 1. The van der Waals surface area contributed by atoms with Crippen molar-refractivity contribution in [3.05, 3.63) is 76.7 Å². The quantitative estimate of drug-likeness (QED) is 0.123. The Kier molecular flexibility index (Phi) is 12.9. The number of hydrogen-bond acceptors (Lipinski definition) is 13. The third-order valence-electron chi connectivity index (χ3n) is 13.9. The van der Waals surface area contributed by atoms with Crippen molar-refractivity contribution in [3.8, 4) is 11.5 Å². The molecule has 66 heavy (non-hydrogen) atoms. The Morgan fingerprint density at radius 1 is 0.848 bits per heavy atom. The summed E-state index contributed by atoms with van der Waals surface area (Å²) in [5, 5.41) is 10.6. The molecule has 5 aliphatic rings. The first-order chi connectivity index (χ1) is 32.0. The van der Waals surface area contributed by atoms with Gasteiger partial charge in [0.15, 0.2) is 5.82 Å². The second kappa shape index (κ2) is 19.1. The van der Waals surface area contributed by atoms with Gasteiger partial charge in [-0.05, 0) is 82.8 Å². The Hall–Kier alpha value is -6.56. The first kappa shape index (κ1) is 44.6. The summed E-state index contributed by atoms with van der Waals surface area (Å²) >= 11 is 0. The fourth-order valence-electron chi connectivity index (χ4n) is 10.1. The standard InChI is InChI=1S/C48H58N12O6/c1-4-56-30-49-53-44(56)35-15-11-17-39(50-35)59-28-34-33(46(59)64)27-40(58-22-12-13-31(58)2)51-36(34)29-54(3)42(62)18-8-6-5-7-9-21-55-23-25-57(26-24-55)37-16-10-14-32-43(37)48(66)60(47(32)65)38-19-20-41(61)52-45(38)63/h10-11,14-17,27,30-31,38H,4-9,12-13,18-26,28-29H2,1-3H3,(H,52,61,63)/t31-,38?/m1/s1. The first-order valence-corrected chi connectivity index (χ1v) is 23.5. The monoisotopic (exact) mass is 898 g/mol. The van der Waals surface area contributed by atoms with Gasteiger partial charge in [0.1, 0.15) is 29.7 Å². The van der Waals surface area contributed by atoms with Crippen LogP contribution in [0, 0.1) is 0 Å². The van der Waals surface area contributed by atoms with Gasteiger partial charge in [-0.1, -0.05) is 31.4 Å². The number of piperazine rings is 1. The zero-order valence-corrected chi connectivity index (χ0v) is 38.1. The van der Waals surface area contributed by atoms with Crippen molar-refractivity contribution in [3.63, 3.8) is 0 Å². The van der Waals surface area contributed by atoms with E-state index in [1.54, 1.807) is 28.3 Å². The van der Waals surface area contributed by atoms with E-state index in [0.717, 1.165) is 93.1 Å². The molecule has 3 aromatic heterocycles. The maximum Gasteiger partial charge on any atom is 0.264 e. The fourth-order valence-corrected chi connectivity index (χ4v) is 10.1. The van der Waals surface area contributed by atoms with Gasteiger partial charge in [-0.25, -0.2) is 9.97 Å². The smallest absolute Gasteiger partial charge is 0.264 e. The molecule has 1 N–H and O–H groups in total. The molecule has 0 spiro atoms. The van der Waals surface area contributed by atoms with E-state index in [1.807, 2.05) is 48.9 Å². The minimum Gasteiger partial charge on any atom is -0.368 e. The molecular weight excluding hydrogens is 841 g/mol. The number of nitrogens with zero attached hydrogens (tertiary/aromatic N) is 11. The lowest BCUT2D eigenvalue weighted by Crippen LogP contribution is -2.54. The largest absolute Gasteiger partial charge is 0.368 e. The summed E-state index contributed by atoms with van der Waals surface area (Å²) < 4.78 is 1.91. The highest BCUT2D eigenvalue weighted by Crippen LogP contribution is 2.36. The van der Waals surface area contributed by atoms with E-state index < -0.39 is 29.7 Å². The highest BCUT2D eigenvalue weighted by molar-refractivity contribution is 6.25. The zero-order valence-electron chi connectivity index (χ0n) is 38.1. The Labute approximate surface area is 384 Å². The van der Waals surface area contributed by atoms with Crippen LogP contribution in [0.1, 0.15) is 120 Å². The van der Waals surface area contributed by atoms with Crippen molar-refractivity contribution in [1.82, 2.24) is 44.7 Å². The first-order valence-electron chi connectivity index (χ1n) is 23.5. The number of nitrogens with one attached hydrogen (secondary N) is 1. The van der Waals surface area contributed by atoms with E-state index in [2.05, 4.69) is 37.1 Å². The topological polar surface area (TPSA) is 190 Å². The predicted molar refractivity (Wildman–Crippen MR) is 246 cm³/mol. The molecule has 0 radical (unpaired) electrons. The van der Waals surface area contributed by atoms with E-state index in [4.69, 9.17) is 9.97 Å². The number of benzene rings is 1. The number of imide groups is 2. The van der Waals surface area contributed by atoms with Crippen LogP contribution in [0.25, 0.3) is 11.5 Å². The van der Waals surface area contributed by atoms with Crippen molar-refractivity contribution in [2.75, 3.05) is 61.0 Å². The average Bonchev–Trinajstić information content (AvgIpc) is 4.12. The van der Waals surface area contributed by atoms with Crippen LogP contribution in [0.4, 0.5) is 17.3 Å². The summed E-state index contributed by atoms with van der Waals surface area (Å²) in [5.41, 5.74) is 4.15. The Bertz CT molecular complexity index is 2550. The minimum absolute atomic E-state index is 0.0535. The summed E-state index contributed by atoms with van der Waals surface area (Å²) in [7, 11) is 1.82. The van der Waals surface area contributed by atoms with Crippen LogP contribution in [0.15, 0.2) is 48.8 Å². The Balaban J connectivity index is 0.741. The number of unbranched alkanes of at least 4 members (excludes halogenated alkanes) is 4. The number of aryl methyl sites for hydroxylation is 1. The van der Waals surface area contributed by atoms with Gasteiger partial charge < -0.3 is 19.3 Å². The van der Waals surface area contributed by atoms with E-state index in [1.165, 1.54) is 0 Å². The normalized spacial score (nSPS) is 19.8. The highest BCUT2D eigenvalue weighted by Gasteiger charge is 2.46. The van der Waals surface area contributed by atoms with Gasteiger partial charge in [-0.2, -0.15) is 0 Å². The third kappa shape index (κ3) is 8.77. The number of pyridine rings is 2. The molecule has 18 heteroatoms. The van der Waals surface area contributed by atoms with Crippen molar-refractivity contribution in [1.29, 1.82) is 0 Å². The number of aromatic nitrogens is 5. The molecule has 0 bridgehead atoms. The van der Waals surface area contributed by atoms with Gasteiger partial charge in [0.2, 0.25) is 17.7 Å². The number of fused-ring (bicyclic) bond motifs is 2. The summed E-state index contributed by atoms with van der Waals surface area (Å²) in [6.07, 6.45) is 9.32. The summed E-state index contributed by atoms with van der Waals surface area (Å²) in [5.74, 6) is -0.118. The molecule has 3 fully saturated rings. The highest BCUT2D eigenvalue weighted by atomic mass is 16.2. The number of piperidine rings is 1. The molecule has 18 nitrogen and oxygen atoms in total. The molecule has 346 valence electrons. The third-order valence-corrected chi connectivity index (χ3v) is 13.9. The van der Waals surface area contributed by atoms with Gasteiger partial charge in [-0.3, -0.25) is 48.8 Å². The molecule has 2 atom stereocenters. The number of carbonyl (C=O) groups is 6. The Morgan fingerprint density at radius 2 is 1.64 bits per heavy atom. The summed E-state index contributed by atoms with van der Waals surface area (Å²) in [6.45, 7) is 10.4. The molecule has 6 amide bonds. The average molecular weight is 899 g/mol. The molecule has 0 saturated carbocycles. The number of carbonyl (C=O) groups excluding carboxylic acids is 6. The lowest BCUT2D eigenvalue weighted by molar-refractivity contribution is -0.136. The van der Waals surface area contributed by atoms with Gasteiger partial charge in [-0.15, -0.1) is 10.2 Å². The van der Waals surface area contributed by atoms with E-state index in [0.29, 0.717) is 84.9 Å².